The van der Waals surface area contributed by atoms with Crippen molar-refractivity contribution >= 4 is 35.0 Å². The van der Waals surface area contributed by atoms with Gasteiger partial charge in [-0.25, -0.2) is 18.2 Å². The first-order chi connectivity index (χ1) is 19.6. The van der Waals surface area contributed by atoms with Crippen LogP contribution in [0.1, 0.15) is 42.9 Å². The van der Waals surface area contributed by atoms with Gasteiger partial charge in [0, 0.05) is 48.2 Å². The molecular weight excluding hydrogens is 561 g/mol. The van der Waals surface area contributed by atoms with Crippen molar-refractivity contribution in [3.05, 3.63) is 94.6 Å². The van der Waals surface area contributed by atoms with Crippen molar-refractivity contribution in [1.82, 2.24) is 15.3 Å². The fourth-order valence-corrected chi connectivity index (χ4v) is 4.88. The van der Waals surface area contributed by atoms with E-state index in [9.17, 15) is 28.0 Å². The zero-order valence-corrected chi connectivity index (χ0v) is 22.0. The van der Waals surface area contributed by atoms with Gasteiger partial charge in [-0.2, -0.15) is 5.26 Å². The molecule has 0 unspecified atom stereocenters. The Kier molecular flexibility index (Phi) is 7.81. The van der Waals surface area contributed by atoms with Crippen LogP contribution in [0.5, 0.6) is 0 Å². The third-order valence-corrected chi connectivity index (χ3v) is 6.89. The average Bonchev–Trinajstić information content (AvgIpc) is 2.92. The molecule has 0 bridgehead atoms. The molecule has 1 aliphatic carbocycles. The third kappa shape index (κ3) is 6.25. The summed E-state index contributed by atoms with van der Waals surface area (Å²) in [4.78, 5) is 35.8. The van der Waals surface area contributed by atoms with Crippen molar-refractivity contribution in [3.63, 3.8) is 0 Å². The summed E-state index contributed by atoms with van der Waals surface area (Å²) in [7, 11) is 0. The number of hydrogen-bond acceptors (Lipinski definition) is 8. The summed E-state index contributed by atoms with van der Waals surface area (Å²) in [5.74, 6) is -4.92. The molecule has 2 N–H and O–H groups in total. The number of nitrogens with zero attached hydrogens (tertiary/aromatic N) is 4. The summed E-state index contributed by atoms with van der Waals surface area (Å²) in [5.41, 5.74) is 0.859. The number of rotatable bonds is 8. The minimum absolute atomic E-state index is 0.0201. The number of nitriles is 1. The van der Waals surface area contributed by atoms with E-state index >= 15 is 0 Å². The van der Waals surface area contributed by atoms with E-state index < -0.39 is 48.5 Å². The highest BCUT2D eigenvalue weighted by molar-refractivity contribution is 6.31. The van der Waals surface area contributed by atoms with Gasteiger partial charge < -0.3 is 15.4 Å². The number of pyridine rings is 2. The number of ether oxygens (including phenoxy) is 1. The monoisotopic (exact) mass is 582 g/mol. The molecule has 13 heteroatoms. The number of cyclic esters (lactones) is 1. The SMILES string of the molecule is N#Cc1ccnc(NC2=C(N(c3cncc(F)c3)[C@H](C(=O)NC3CC(F)(F)C3)c3ccccc3Cl)OC(=O)CC2)c1. The van der Waals surface area contributed by atoms with E-state index in [0.717, 1.165) is 12.3 Å². The quantitative estimate of drug-likeness (QED) is 0.347. The van der Waals surface area contributed by atoms with Gasteiger partial charge in [0.25, 0.3) is 5.92 Å². The number of allylic oxidation sites excluding steroid dienone is 1. The second kappa shape index (κ2) is 11.5. The number of halogens is 4. The van der Waals surface area contributed by atoms with E-state index in [4.69, 9.17) is 16.3 Å². The van der Waals surface area contributed by atoms with Gasteiger partial charge in [-0.1, -0.05) is 29.8 Å². The number of benzene rings is 1. The number of alkyl halides is 2. The summed E-state index contributed by atoms with van der Waals surface area (Å²) < 4.78 is 47.4. The molecule has 1 atom stereocenters. The molecule has 2 aromatic heterocycles. The molecule has 1 aromatic carbocycles. The van der Waals surface area contributed by atoms with Gasteiger partial charge >= 0.3 is 5.97 Å². The van der Waals surface area contributed by atoms with Crippen LogP contribution in [-0.4, -0.2) is 33.8 Å². The molecule has 1 saturated carbocycles. The van der Waals surface area contributed by atoms with Crippen LogP contribution in [-0.2, 0) is 14.3 Å². The van der Waals surface area contributed by atoms with Crippen LogP contribution in [0.25, 0.3) is 0 Å². The van der Waals surface area contributed by atoms with Crippen molar-refractivity contribution in [2.75, 3.05) is 10.2 Å². The van der Waals surface area contributed by atoms with E-state index in [-0.39, 0.29) is 46.5 Å². The molecule has 1 aliphatic heterocycles. The smallest absolute Gasteiger partial charge is 0.312 e. The molecule has 0 radical (unpaired) electrons. The zero-order chi connectivity index (χ0) is 29.1. The first-order valence-electron chi connectivity index (χ1n) is 12.5. The van der Waals surface area contributed by atoms with Gasteiger partial charge in [0.2, 0.25) is 11.8 Å². The molecule has 5 rings (SSSR count). The molecule has 3 heterocycles. The largest absolute Gasteiger partial charge is 0.407 e. The van der Waals surface area contributed by atoms with Gasteiger partial charge in [-0.15, -0.1) is 0 Å². The van der Waals surface area contributed by atoms with Crippen LogP contribution in [0.15, 0.2) is 72.6 Å². The Balaban J connectivity index is 1.67. The predicted octanol–water partition coefficient (Wildman–Crippen LogP) is 5.22. The van der Waals surface area contributed by atoms with Gasteiger partial charge in [-0.3, -0.25) is 19.5 Å². The Morgan fingerprint density at radius 2 is 1.98 bits per heavy atom. The number of aromatic nitrogens is 2. The minimum Gasteiger partial charge on any atom is -0.407 e. The van der Waals surface area contributed by atoms with Crippen molar-refractivity contribution in [2.24, 2.45) is 0 Å². The normalized spacial score (nSPS) is 17.1. The molecule has 41 heavy (non-hydrogen) atoms. The van der Waals surface area contributed by atoms with E-state index in [0.29, 0.717) is 5.56 Å². The van der Waals surface area contributed by atoms with Crippen LogP contribution in [0.2, 0.25) is 5.02 Å². The Morgan fingerprint density at radius 3 is 2.68 bits per heavy atom. The minimum atomic E-state index is -2.90. The molecule has 0 saturated heterocycles. The highest BCUT2D eigenvalue weighted by Gasteiger charge is 2.47. The van der Waals surface area contributed by atoms with Gasteiger partial charge in [0.15, 0.2) is 0 Å². The summed E-state index contributed by atoms with van der Waals surface area (Å²) in [6.07, 6.45) is 2.64. The van der Waals surface area contributed by atoms with E-state index in [1.54, 1.807) is 18.2 Å². The molecular formula is C28H22ClF3N6O3. The number of carbonyl (C=O) groups excluding carboxylic acids is 2. The topological polar surface area (TPSA) is 120 Å². The van der Waals surface area contributed by atoms with Crippen molar-refractivity contribution in [3.8, 4) is 6.07 Å². The lowest BCUT2D eigenvalue weighted by Crippen LogP contribution is -2.53. The molecule has 3 aromatic rings. The number of nitrogens with one attached hydrogen (secondary N) is 2. The fourth-order valence-electron chi connectivity index (χ4n) is 4.64. The summed E-state index contributed by atoms with van der Waals surface area (Å²) in [6, 6.07) is 10.2. The molecule has 1 fully saturated rings. The summed E-state index contributed by atoms with van der Waals surface area (Å²) >= 11 is 6.53. The lowest BCUT2D eigenvalue weighted by atomic mass is 9.87. The van der Waals surface area contributed by atoms with Crippen LogP contribution < -0.4 is 15.5 Å². The summed E-state index contributed by atoms with van der Waals surface area (Å²) in [5, 5.41) is 15.1. The Labute approximate surface area is 237 Å². The maximum atomic E-state index is 14.5. The highest BCUT2D eigenvalue weighted by atomic mass is 35.5. The number of carbonyl (C=O) groups is 2. The number of amides is 1. The van der Waals surface area contributed by atoms with Gasteiger partial charge in [0.1, 0.15) is 17.7 Å². The average molecular weight is 583 g/mol. The zero-order valence-electron chi connectivity index (χ0n) is 21.3. The Hall–Kier alpha value is -4.63. The number of esters is 1. The van der Waals surface area contributed by atoms with Gasteiger partial charge in [0.05, 0.1) is 41.8 Å². The molecule has 2 aliphatic rings. The van der Waals surface area contributed by atoms with E-state index in [2.05, 4.69) is 20.6 Å². The maximum Gasteiger partial charge on any atom is 0.312 e. The van der Waals surface area contributed by atoms with Gasteiger partial charge in [-0.05, 0) is 18.2 Å². The first-order valence-corrected chi connectivity index (χ1v) is 12.9. The fraction of sp³-hybridized carbons (Fsp3) is 0.250. The van der Waals surface area contributed by atoms with Crippen molar-refractivity contribution in [2.45, 2.75) is 43.7 Å². The Bertz CT molecular complexity index is 1570. The summed E-state index contributed by atoms with van der Waals surface area (Å²) in [6.45, 7) is 0. The second-order valence-electron chi connectivity index (χ2n) is 9.55. The van der Waals surface area contributed by atoms with Crippen LogP contribution in [0.3, 0.4) is 0 Å². The van der Waals surface area contributed by atoms with Crippen LogP contribution in [0, 0.1) is 17.1 Å². The lowest BCUT2D eigenvalue weighted by Gasteiger charge is -2.39. The standard InChI is InChI=1S/C28H22ClF3N6O3/c29-21-4-2-1-3-20(21)25(26(40)36-18-11-28(31,32)12-18)38(19-10-17(30)14-34-15-19)27-22(5-6-24(39)41-27)37-23-9-16(13-33)7-8-35-23/h1-4,7-10,14-15,18,25H,5-6,11-12H2,(H,35,37)(H,36,40)/t25-/m0/s1. The molecule has 210 valence electrons. The predicted molar refractivity (Wildman–Crippen MR) is 142 cm³/mol. The van der Waals surface area contributed by atoms with Crippen LogP contribution >= 0.6 is 11.6 Å². The molecule has 1 amide bonds. The number of anilines is 2. The van der Waals surface area contributed by atoms with Crippen molar-refractivity contribution < 1.29 is 27.5 Å². The first kappa shape index (κ1) is 27.9. The van der Waals surface area contributed by atoms with Crippen molar-refractivity contribution in [1.29, 1.82) is 5.26 Å². The van der Waals surface area contributed by atoms with Crippen LogP contribution in [0.4, 0.5) is 24.7 Å². The lowest BCUT2D eigenvalue weighted by molar-refractivity contribution is -0.141. The molecule has 0 spiro atoms. The second-order valence-corrected chi connectivity index (χ2v) is 9.96. The van der Waals surface area contributed by atoms with E-state index in [1.165, 1.54) is 35.5 Å². The number of hydrogen-bond donors (Lipinski definition) is 2. The Morgan fingerprint density at radius 1 is 1.20 bits per heavy atom. The molecule has 9 nitrogen and oxygen atoms in total. The van der Waals surface area contributed by atoms with E-state index in [1.807, 2.05) is 6.07 Å². The maximum absolute atomic E-state index is 14.5. The highest BCUT2D eigenvalue weighted by Crippen LogP contribution is 2.41. The third-order valence-electron chi connectivity index (χ3n) is 6.55.